The molecule has 3 nitrogen and oxygen atoms in total. The van der Waals surface area contributed by atoms with Crippen molar-refractivity contribution < 1.29 is 9.84 Å². The van der Waals surface area contributed by atoms with Crippen molar-refractivity contribution in [1.29, 1.82) is 0 Å². The Morgan fingerprint density at radius 2 is 2.00 bits per heavy atom. The van der Waals surface area contributed by atoms with Gasteiger partial charge in [0.2, 0.25) is 0 Å². The van der Waals surface area contributed by atoms with Gasteiger partial charge in [0.25, 0.3) is 0 Å². The minimum atomic E-state index is 0.288. The van der Waals surface area contributed by atoms with E-state index in [2.05, 4.69) is 12.2 Å². The van der Waals surface area contributed by atoms with Gasteiger partial charge in [-0.05, 0) is 37.8 Å². The average Bonchev–Trinajstić information content (AvgIpc) is 2.37. The number of para-hydroxylation sites is 2. The van der Waals surface area contributed by atoms with Crippen molar-refractivity contribution in [3.63, 3.8) is 0 Å². The molecule has 0 aliphatic heterocycles. The topological polar surface area (TPSA) is 41.5 Å². The van der Waals surface area contributed by atoms with Crippen LogP contribution >= 0.6 is 0 Å². The van der Waals surface area contributed by atoms with Gasteiger partial charge < -0.3 is 15.2 Å². The zero-order chi connectivity index (χ0) is 12.3. The lowest BCUT2D eigenvalue weighted by Crippen LogP contribution is -2.05. The molecule has 17 heavy (non-hydrogen) atoms. The van der Waals surface area contributed by atoms with Crippen molar-refractivity contribution in [3.8, 4) is 5.75 Å². The maximum absolute atomic E-state index is 8.68. The summed E-state index contributed by atoms with van der Waals surface area (Å²) < 4.78 is 5.66. The van der Waals surface area contributed by atoms with E-state index < -0.39 is 0 Å². The molecule has 0 aromatic heterocycles. The van der Waals surface area contributed by atoms with Gasteiger partial charge in [-0.25, -0.2) is 0 Å². The molecule has 0 heterocycles. The van der Waals surface area contributed by atoms with E-state index in [-0.39, 0.29) is 6.61 Å². The molecule has 0 unspecified atom stereocenters. The molecule has 2 N–H and O–H groups in total. The molecular formula is C14H23NO2. The van der Waals surface area contributed by atoms with Gasteiger partial charge in [0.15, 0.2) is 0 Å². The number of aliphatic hydroxyl groups is 1. The summed E-state index contributed by atoms with van der Waals surface area (Å²) in [6.07, 6.45) is 4.03. The van der Waals surface area contributed by atoms with Gasteiger partial charge >= 0.3 is 0 Å². The number of hydrogen-bond donors (Lipinski definition) is 2. The zero-order valence-corrected chi connectivity index (χ0v) is 10.6. The summed E-state index contributed by atoms with van der Waals surface area (Å²) in [6, 6.07) is 8.03. The summed E-state index contributed by atoms with van der Waals surface area (Å²) in [7, 11) is 0. The van der Waals surface area contributed by atoms with E-state index >= 15 is 0 Å². The summed E-state index contributed by atoms with van der Waals surface area (Å²) >= 11 is 0. The van der Waals surface area contributed by atoms with Crippen molar-refractivity contribution in [3.05, 3.63) is 24.3 Å². The molecule has 3 heteroatoms. The van der Waals surface area contributed by atoms with E-state index in [0.29, 0.717) is 0 Å². The standard InChI is InChI=1S/C14H23NO2/c1-2-12-17-14-9-5-4-8-13(14)15-10-6-3-7-11-16/h4-5,8-9,15-16H,2-3,6-7,10-12H2,1H3. The Kier molecular flexibility index (Phi) is 7.23. The third kappa shape index (κ3) is 5.59. The molecule has 0 saturated carbocycles. The minimum Gasteiger partial charge on any atom is -0.491 e. The number of nitrogens with one attached hydrogen (secondary N) is 1. The van der Waals surface area contributed by atoms with Crippen LogP contribution in [-0.4, -0.2) is 24.9 Å². The van der Waals surface area contributed by atoms with Gasteiger partial charge in [-0.3, -0.25) is 0 Å². The largest absolute Gasteiger partial charge is 0.491 e. The van der Waals surface area contributed by atoms with Crippen LogP contribution in [0.25, 0.3) is 0 Å². The summed E-state index contributed by atoms with van der Waals surface area (Å²) in [5.41, 5.74) is 1.06. The molecule has 0 aliphatic rings. The van der Waals surface area contributed by atoms with Crippen molar-refractivity contribution in [1.82, 2.24) is 0 Å². The van der Waals surface area contributed by atoms with Crippen LogP contribution in [0.2, 0.25) is 0 Å². The maximum Gasteiger partial charge on any atom is 0.142 e. The van der Waals surface area contributed by atoms with E-state index in [1.165, 1.54) is 0 Å². The van der Waals surface area contributed by atoms with Crippen molar-refractivity contribution >= 4 is 5.69 Å². The first-order chi connectivity index (χ1) is 8.38. The van der Waals surface area contributed by atoms with Crippen LogP contribution in [0.3, 0.4) is 0 Å². The predicted molar refractivity (Wildman–Crippen MR) is 71.7 cm³/mol. The van der Waals surface area contributed by atoms with Gasteiger partial charge in [-0.2, -0.15) is 0 Å². The van der Waals surface area contributed by atoms with Crippen LogP contribution < -0.4 is 10.1 Å². The number of anilines is 1. The Bertz CT molecular complexity index is 302. The van der Waals surface area contributed by atoms with Gasteiger partial charge in [-0.1, -0.05) is 19.1 Å². The van der Waals surface area contributed by atoms with E-state index in [0.717, 1.165) is 50.3 Å². The van der Waals surface area contributed by atoms with Crippen LogP contribution in [0.15, 0.2) is 24.3 Å². The van der Waals surface area contributed by atoms with Gasteiger partial charge in [-0.15, -0.1) is 0 Å². The monoisotopic (exact) mass is 237 g/mol. The smallest absolute Gasteiger partial charge is 0.142 e. The van der Waals surface area contributed by atoms with E-state index in [1.54, 1.807) is 0 Å². The Labute approximate surface area is 104 Å². The Hall–Kier alpha value is -1.22. The van der Waals surface area contributed by atoms with Crippen molar-refractivity contribution in [2.75, 3.05) is 25.1 Å². The Morgan fingerprint density at radius 3 is 2.76 bits per heavy atom. The summed E-state index contributed by atoms with van der Waals surface area (Å²) in [4.78, 5) is 0. The predicted octanol–water partition coefficient (Wildman–Crippen LogP) is 3.05. The average molecular weight is 237 g/mol. The normalized spacial score (nSPS) is 10.2. The highest BCUT2D eigenvalue weighted by Gasteiger charge is 2.01. The second kappa shape index (κ2) is 8.88. The van der Waals surface area contributed by atoms with Crippen LogP contribution in [0.1, 0.15) is 32.6 Å². The molecule has 1 rings (SSSR count). The molecule has 0 amide bonds. The molecule has 0 aliphatic carbocycles. The fourth-order valence-corrected chi connectivity index (χ4v) is 1.59. The van der Waals surface area contributed by atoms with Crippen LogP contribution in [0, 0.1) is 0 Å². The quantitative estimate of drug-likeness (QED) is 0.649. The van der Waals surface area contributed by atoms with Crippen molar-refractivity contribution in [2.45, 2.75) is 32.6 Å². The number of rotatable bonds is 9. The van der Waals surface area contributed by atoms with Crippen LogP contribution in [0.4, 0.5) is 5.69 Å². The molecule has 0 spiro atoms. The van der Waals surface area contributed by atoms with E-state index in [9.17, 15) is 0 Å². The molecule has 1 aromatic carbocycles. The summed E-state index contributed by atoms with van der Waals surface area (Å²) in [6.45, 7) is 4.07. The zero-order valence-electron chi connectivity index (χ0n) is 10.6. The highest BCUT2D eigenvalue weighted by atomic mass is 16.5. The molecular weight excluding hydrogens is 214 g/mol. The molecule has 0 radical (unpaired) electrons. The van der Waals surface area contributed by atoms with Gasteiger partial charge in [0, 0.05) is 13.2 Å². The first-order valence-corrected chi connectivity index (χ1v) is 6.45. The molecule has 0 atom stereocenters. The lowest BCUT2D eigenvalue weighted by Gasteiger charge is -2.12. The highest BCUT2D eigenvalue weighted by molar-refractivity contribution is 5.56. The first kappa shape index (κ1) is 13.8. The van der Waals surface area contributed by atoms with Crippen molar-refractivity contribution in [2.24, 2.45) is 0 Å². The minimum absolute atomic E-state index is 0.288. The molecule has 0 saturated heterocycles. The number of unbranched alkanes of at least 4 members (excludes halogenated alkanes) is 2. The van der Waals surface area contributed by atoms with E-state index in [4.69, 9.17) is 9.84 Å². The fourth-order valence-electron chi connectivity index (χ4n) is 1.59. The SMILES string of the molecule is CCCOc1ccccc1NCCCCCO. The van der Waals surface area contributed by atoms with Gasteiger partial charge in [0.05, 0.1) is 12.3 Å². The Balaban J connectivity index is 2.35. The lowest BCUT2D eigenvalue weighted by molar-refractivity contribution is 0.283. The van der Waals surface area contributed by atoms with Crippen LogP contribution in [-0.2, 0) is 0 Å². The number of ether oxygens (including phenoxy) is 1. The Morgan fingerprint density at radius 1 is 1.18 bits per heavy atom. The van der Waals surface area contributed by atoms with E-state index in [1.807, 2.05) is 24.3 Å². The number of hydrogen-bond acceptors (Lipinski definition) is 3. The second-order valence-electron chi connectivity index (χ2n) is 4.06. The number of benzene rings is 1. The molecule has 0 fully saturated rings. The second-order valence-corrected chi connectivity index (χ2v) is 4.06. The third-order valence-electron chi connectivity index (χ3n) is 2.50. The molecule has 96 valence electrons. The third-order valence-corrected chi connectivity index (χ3v) is 2.50. The van der Waals surface area contributed by atoms with Crippen LogP contribution in [0.5, 0.6) is 5.75 Å². The fraction of sp³-hybridized carbons (Fsp3) is 0.571. The lowest BCUT2D eigenvalue weighted by atomic mass is 10.2. The highest BCUT2D eigenvalue weighted by Crippen LogP contribution is 2.23. The van der Waals surface area contributed by atoms with Gasteiger partial charge in [0.1, 0.15) is 5.75 Å². The maximum atomic E-state index is 8.68. The molecule has 0 bridgehead atoms. The first-order valence-electron chi connectivity index (χ1n) is 6.45. The summed E-state index contributed by atoms with van der Waals surface area (Å²) in [5.74, 6) is 0.927. The summed E-state index contributed by atoms with van der Waals surface area (Å²) in [5, 5.41) is 12.1. The number of aliphatic hydroxyl groups excluding tert-OH is 1. The molecule has 1 aromatic rings.